The van der Waals surface area contributed by atoms with Crippen LogP contribution in [-0.4, -0.2) is 42.5 Å². The van der Waals surface area contributed by atoms with Gasteiger partial charge < -0.3 is 10.6 Å². The maximum absolute atomic E-state index is 12.2. The molecule has 25 heavy (non-hydrogen) atoms. The van der Waals surface area contributed by atoms with Gasteiger partial charge in [0.15, 0.2) is 5.13 Å². The molecule has 0 bridgehead atoms. The molecule has 1 aromatic heterocycles. The van der Waals surface area contributed by atoms with Crippen LogP contribution in [0.2, 0.25) is 0 Å². The van der Waals surface area contributed by atoms with Gasteiger partial charge in [0.1, 0.15) is 0 Å². The van der Waals surface area contributed by atoms with E-state index in [1.807, 2.05) is 36.3 Å². The lowest BCUT2D eigenvalue weighted by Gasteiger charge is -2.20. The van der Waals surface area contributed by atoms with E-state index in [0.29, 0.717) is 17.6 Å². The van der Waals surface area contributed by atoms with Crippen LogP contribution in [0.4, 0.5) is 5.13 Å². The van der Waals surface area contributed by atoms with E-state index in [4.69, 9.17) is 0 Å². The number of nitrogens with one attached hydrogen (secondary N) is 2. The van der Waals surface area contributed by atoms with E-state index in [-0.39, 0.29) is 18.3 Å². The van der Waals surface area contributed by atoms with Gasteiger partial charge in [0.25, 0.3) is 0 Å². The zero-order valence-electron chi connectivity index (χ0n) is 14.4. The molecule has 136 valence electrons. The van der Waals surface area contributed by atoms with Crippen molar-refractivity contribution in [3.8, 4) is 0 Å². The molecular formula is C18H25ClN4OS. The topological polar surface area (TPSA) is 57.3 Å². The third-order valence-corrected chi connectivity index (χ3v) is 5.30. The molecule has 1 aliphatic rings. The Bertz CT molecular complexity index is 658. The Morgan fingerprint density at radius 3 is 2.76 bits per heavy atom. The first-order chi connectivity index (χ1) is 11.7. The van der Waals surface area contributed by atoms with Crippen molar-refractivity contribution in [1.29, 1.82) is 0 Å². The number of halogens is 1. The van der Waals surface area contributed by atoms with Crippen LogP contribution in [0.25, 0.3) is 0 Å². The molecule has 2 heterocycles. The predicted octanol–water partition coefficient (Wildman–Crippen LogP) is 3.10. The molecule has 5 nitrogen and oxygen atoms in total. The molecule has 0 atom stereocenters. The van der Waals surface area contributed by atoms with Crippen molar-refractivity contribution in [1.82, 2.24) is 15.2 Å². The highest BCUT2D eigenvalue weighted by molar-refractivity contribution is 7.15. The SMILES string of the molecule is CN(CC(=O)Nc1ncc(C2CCNCC2)s1)Cc1ccccc1.Cl. The Morgan fingerprint density at radius 2 is 2.04 bits per heavy atom. The minimum Gasteiger partial charge on any atom is -0.317 e. The first kappa shape index (κ1) is 19.8. The molecule has 1 amide bonds. The number of rotatable bonds is 6. The van der Waals surface area contributed by atoms with Gasteiger partial charge in [0.05, 0.1) is 6.54 Å². The minimum absolute atomic E-state index is 0. The summed E-state index contributed by atoms with van der Waals surface area (Å²) in [7, 11) is 1.95. The van der Waals surface area contributed by atoms with Gasteiger partial charge in [-0.25, -0.2) is 4.98 Å². The van der Waals surface area contributed by atoms with Crippen LogP contribution < -0.4 is 10.6 Å². The van der Waals surface area contributed by atoms with E-state index in [1.165, 1.54) is 10.4 Å². The molecule has 0 spiro atoms. The van der Waals surface area contributed by atoms with Gasteiger partial charge in [-0.1, -0.05) is 30.3 Å². The fraction of sp³-hybridized carbons (Fsp3) is 0.444. The predicted molar refractivity (Wildman–Crippen MR) is 106 cm³/mol. The molecule has 0 aliphatic carbocycles. The van der Waals surface area contributed by atoms with Crippen LogP contribution in [0.15, 0.2) is 36.5 Å². The van der Waals surface area contributed by atoms with E-state index in [0.717, 1.165) is 32.5 Å². The summed E-state index contributed by atoms with van der Waals surface area (Å²) in [5, 5.41) is 7.01. The van der Waals surface area contributed by atoms with Crippen LogP contribution in [0.5, 0.6) is 0 Å². The number of nitrogens with zero attached hydrogens (tertiary/aromatic N) is 2. The van der Waals surface area contributed by atoms with Gasteiger partial charge >= 0.3 is 0 Å². The Labute approximate surface area is 159 Å². The largest absolute Gasteiger partial charge is 0.317 e. The summed E-state index contributed by atoms with van der Waals surface area (Å²) >= 11 is 1.61. The summed E-state index contributed by atoms with van der Waals surface area (Å²) in [6.45, 7) is 3.24. The lowest BCUT2D eigenvalue weighted by molar-refractivity contribution is -0.117. The first-order valence-corrected chi connectivity index (χ1v) is 9.21. The van der Waals surface area contributed by atoms with Crippen LogP contribution in [0, 0.1) is 0 Å². The second-order valence-corrected chi connectivity index (χ2v) is 7.36. The monoisotopic (exact) mass is 380 g/mol. The molecule has 1 aromatic carbocycles. The third kappa shape index (κ3) is 6.08. The second kappa shape index (κ2) is 9.87. The standard InChI is InChI=1S/C18H24N4OS.ClH/c1-22(12-14-5-3-2-4-6-14)13-17(23)21-18-20-11-16(24-18)15-7-9-19-10-8-15;/h2-6,11,15,19H,7-10,12-13H2,1H3,(H,20,21,23);1H. The highest BCUT2D eigenvalue weighted by Crippen LogP contribution is 2.31. The molecule has 1 saturated heterocycles. The number of amides is 1. The van der Waals surface area contributed by atoms with Crippen molar-refractivity contribution < 1.29 is 4.79 Å². The fourth-order valence-electron chi connectivity index (χ4n) is 2.99. The number of anilines is 1. The number of benzene rings is 1. The molecule has 0 unspecified atom stereocenters. The van der Waals surface area contributed by atoms with Crippen LogP contribution in [0.3, 0.4) is 0 Å². The molecule has 2 N–H and O–H groups in total. The van der Waals surface area contributed by atoms with E-state index >= 15 is 0 Å². The van der Waals surface area contributed by atoms with Crippen molar-refractivity contribution in [2.24, 2.45) is 0 Å². The van der Waals surface area contributed by atoms with Crippen LogP contribution in [0.1, 0.15) is 29.2 Å². The van der Waals surface area contributed by atoms with Crippen molar-refractivity contribution >= 4 is 34.8 Å². The second-order valence-electron chi connectivity index (χ2n) is 6.30. The summed E-state index contributed by atoms with van der Waals surface area (Å²) in [5.41, 5.74) is 1.20. The number of hydrogen-bond donors (Lipinski definition) is 2. The summed E-state index contributed by atoms with van der Waals surface area (Å²) < 4.78 is 0. The molecular weight excluding hydrogens is 356 g/mol. The normalized spacial score (nSPS) is 15.0. The zero-order chi connectivity index (χ0) is 16.8. The minimum atomic E-state index is -0.0142. The molecule has 2 aromatic rings. The lowest BCUT2D eigenvalue weighted by atomic mass is 9.97. The first-order valence-electron chi connectivity index (χ1n) is 8.39. The number of carbonyl (C=O) groups is 1. The average Bonchev–Trinajstić information content (AvgIpc) is 3.04. The highest BCUT2D eigenvalue weighted by Gasteiger charge is 2.18. The van der Waals surface area contributed by atoms with Crippen molar-refractivity contribution in [2.45, 2.75) is 25.3 Å². The van der Waals surface area contributed by atoms with E-state index < -0.39 is 0 Å². The number of likely N-dealkylation sites (N-methyl/N-ethyl adjacent to an activating group) is 1. The van der Waals surface area contributed by atoms with E-state index in [1.54, 1.807) is 11.3 Å². The summed E-state index contributed by atoms with van der Waals surface area (Å²) in [5.74, 6) is 0.565. The summed E-state index contributed by atoms with van der Waals surface area (Å²) in [4.78, 5) is 19.9. The number of piperidine rings is 1. The highest BCUT2D eigenvalue weighted by atomic mass is 35.5. The number of aromatic nitrogens is 1. The van der Waals surface area contributed by atoms with Crippen LogP contribution >= 0.6 is 23.7 Å². The third-order valence-electron chi connectivity index (χ3n) is 4.22. The van der Waals surface area contributed by atoms with Crippen molar-refractivity contribution in [3.05, 3.63) is 47.0 Å². The molecule has 1 aliphatic heterocycles. The number of hydrogen-bond acceptors (Lipinski definition) is 5. The molecule has 0 radical (unpaired) electrons. The Morgan fingerprint density at radius 1 is 1.32 bits per heavy atom. The maximum atomic E-state index is 12.2. The number of carbonyl (C=O) groups excluding carboxylic acids is 1. The molecule has 3 rings (SSSR count). The Kier molecular flexibility index (Phi) is 7.84. The average molecular weight is 381 g/mol. The fourth-order valence-corrected chi connectivity index (χ4v) is 4.00. The summed E-state index contributed by atoms with van der Waals surface area (Å²) in [6.07, 6.45) is 4.22. The van der Waals surface area contributed by atoms with Gasteiger partial charge in [-0.3, -0.25) is 9.69 Å². The smallest absolute Gasteiger partial charge is 0.240 e. The van der Waals surface area contributed by atoms with Gasteiger partial charge in [-0.05, 0) is 44.5 Å². The van der Waals surface area contributed by atoms with Gasteiger partial charge in [-0.15, -0.1) is 23.7 Å². The molecule has 0 saturated carbocycles. The van der Waals surface area contributed by atoms with Gasteiger partial charge in [-0.2, -0.15) is 0 Å². The zero-order valence-corrected chi connectivity index (χ0v) is 16.0. The summed E-state index contributed by atoms with van der Waals surface area (Å²) in [6, 6.07) is 10.2. The van der Waals surface area contributed by atoms with E-state index in [9.17, 15) is 4.79 Å². The van der Waals surface area contributed by atoms with E-state index in [2.05, 4.69) is 27.8 Å². The number of thiazole rings is 1. The Balaban J connectivity index is 0.00000225. The van der Waals surface area contributed by atoms with Gasteiger partial charge in [0.2, 0.25) is 5.91 Å². The Hall–Kier alpha value is -1.47. The lowest BCUT2D eigenvalue weighted by Crippen LogP contribution is -2.29. The van der Waals surface area contributed by atoms with Gasteiger partial charge in [0, 0.05) is 17.6 Å². The quantitative estimate of drug-likeness (QED) is 0.808. The molecule has 7 heteroatoms. The van der Waals surface area contributed by atoms with Crippen LogP contribution in [-0.2, 0) is 11.3 Å². The van der Waals surface area contributed by atoms with Crippen molar-refractivity contribution in [3.63, 3.8) is 0 Å². The maximum Gasteiger partial charge on any atom is 0.240 e. The van der Waals surface area contributed by atoms with Crippen molar-refractivity contribution in [2.75, 3.05) is 32.0 Å². The molecule has 1 fully saturated rings.